The maximum absolute atomic E-state index is 11.5. The number of rotatable bonds is 2. The fraction of sp³-hybridized carbons (Fsp3) is 0.273. The molecule has 1 aliphatic rings. The maximum atomic E-state index is 11.5. The number of fused-ring (bicyclic) bond motifs is 1. The first-order valence-electron chi connectivity index (χ1n) is 4.65. The lowest BCUT2D eigenvalue weighted by molar-refractivity contribution is -0.136. The highest BCUT2D eigenvalue weighted by Crippen LogP contribution is 2.31. The summed E-state index contributed by atoms with van der Waals surface area (Å²) >= 11 is 3.32. The largest absolute Gasteiger partial charge is 0.481 e. The van der Waals surface area contributed by atoms with Gasteiger partial charge in [0.2, 0.25) is 0 Å². The number of carbonyl (C=O) groups is 2. The fourth-order valence-corrected chi connectivity index (χ4v) is 2.53. The van der Waals surface area contributed by atoms with E-state index in [-0.39, 0.29) is 12.2 Å². The topological polar surface area (TPSA) is 54.4 Å². The van der Waals surface area contributed by atoms with Gasteiger partial charge in [-0.05, 0) is 23.6 Å². The van der Waals surface area contributed by atoms with Gasteiger partial charge >= 0.3 is 5.97 Å². The Morgan fingerprint density at radius 2 is 2.13 bits per heavy atom. The Kier molecular flexibility index (Phi) is 2.61. The van der Waals surface area contributed by atoms with Crippen LogP contribution in [0.15, 0.2) is 16.6 Å². The molecule has 1 aliphatic carbocycles. The Morgan fingerprint density at radius 1 is 1.40 bits per heavy atom. The van der Waals surface area contributed by atoms with E-state index in [1.807, 2.05) is 0 Å². The number of hydrogen-bond acceptors (Lipinski definition) is 2. The van der Waals surface area contributed by atoms with E-state index < -0.39 is 5.97 Å². The highest BCUT2D eigenvalue weighted by Gasteiger charge is 2.25. The van der Waals surface area contributed by atoms with Gasteiger partial charge in [-0.2, -0.15) is 0 Å². The zero-order valence-electron chi connectivity index (χ0n) is 7.92. The molecule has 3 nitrogen and oxygen atoms in total. The first-order chi connectivity index (χ1) is 7.09. The van der Waals surface area contributed by atoms with Crippen LogP contribution in [-0.2, 0) is 17.6 Å². The lowest BCUT2D eigenvalue weighted by Gasteiger charge is -2.06. The molecule has 1 N–H and O–H groups in total. The third kappa shape index (κ3) is 1.81. The smallest absolute Gasteiger partial charge is 0.307 e. The monoisotopic (exact) mass is 268 g/mol. The summed E-state index contributed by atoms with van der Waals surface area (Å²) in [4.78, 5) is 22.2. The summed E-state index contributed by atoms with van der Waals surface area (Å²) in [5.74, 6) is -0.761. The molecule has 0 amide bonds. The predicted octanol–water partition coefficient (Wildman–Crippen LogP) is 2.21. The SMILES string of the molecule is O=C(O)Cc1ccc(Br)c2c1CCC2=O. The number of carbonyl (C=O) groups excluding carboxylic acids is 1. The van der Waals surface area contributed by atoms with Gasteiger partial charge in [0.1, 0.15) is 0 Å². The second kappa shape index (κ2) is 3.77. The van der Waals surface area contributed by atoms with Crippen molar-refractivity contribution in [1.29, 1.82) is 0 Å². The standard InChI is InChI=1S/C11H9BrO3/c12-8-3-1-6(5-10(14)15)7-2-4-9(13)11(7)8/h1,3H,2,4-5H2,(H,14,15). The fourth-order valence-electron chi connectivity index (χ4n) is 1.94. The summed E-state index contributed by atoms with van der Waals surface area (Å²) < 4.78 is 0.772. The van der Waals surface area contributed by atoms with Crippen molar-refractivity contribution in [2.75, 3.05) is 0 Å². The molecular weight excluding hydrogens is 260 g/mol. The molecule has 0 aromatic heterocycles. The van der Waals surface area contributed by atoms with E-state index in [0.29, 0.717) is 18.4 Å². The van der Waals surface area contributed by atoms with Gasteiger partial charge in [0.25, 0.3) is 0 Å². The number of ketones is 1. The van der Waals surface area contributed by atoms with Crippen molar-refractivity contribution in [3.63, 3.8) is 0 Å². The minimum absolute atomic E-state index is 0.0110. The minimum atomic E-state index is -0.862. The molecule has 0 radical (unpaired) electrons. The Labute approximate surface area is 95.2 Å². The molecule has 0 saturated heterocycles. The van der Waals surface area contributed by atoms with Crippen molar-refractivity contribution >= 4 is 27.7 Å². The number of carboxylic acid groups (broad SMARTS) is 1. The van der Waals surface area contributed by atoms with Crippen LogP contribution in [0.1, 0.15) is 27.9 Å². The van der Waals surface area contributed by atoms with E-state index in [0.717, 1.165) is 15.6 Å². The third-order valence-corrected chi connectivity index (χ3v) is 3.24. The van der Waals surface area contributed by atoms with Crippen molar-refractivity contribution < 1.29 is 14.7 Å². The maximum Gasteiger partial charge on any atom is 0.307 e. The van der Waals surface area contributed by atoms with Crippen LogP contribution in [0.3, 0.4) is 0 Å². The predicted molar refractivity (Wildman–Crippen MR) is 58.1 cm³/mol. The summed E-state index contributed by atoms with van der Waals surface area (Å²) in [6, 6.07) is 3.52. The molecule has 0 bridgehead atoms. The average molecular weight is 269 g/mol. The van der Waals surface area contributed by atoms with E-state index in [9.17, 15) is 9.59 Å². The summed E-state index contributed by atoms with van der Waals surface area (Å²) in [6.07, 6.45) is 1.14. The normalized spacial score (nSPS) is 14.1. The molecule has 0 heterocycles. The zero-order chi connectivity index (χ0) is 11.0. The van der Waals surface area contributed by atoms with Crippen molar-refractivity contribution in [1.82, 2.24) is 0 Å². The summed E-state index contributed by atoms with van der Waals surface area (Å²) in [5, 5.41) is 8.74. The molecule has 0 aliphatic heterocycles. The highest BCUT2D eigenvalue weighted by atomic mass is 79.9. The van der Waals surface area contributed by atoms with E-state index in [1.165, 1.54) is 0 Å². The Hall–Kier alpha value is -1.16. The molecule has 1 aromatic carbocycles. The quantitative estimate of drug-likeness (QED) is 0.895. The van der Waals surface area contributed by atoms with Crippen LogP contribution in [-0.4, -0.2) is 16.9 Å². The van der Waals surface area contributed by atoms with Crippen molar-refractivity contribution in [2.24, 2.45) is 0 Å². The molecule has 0 unspecified atom stereocenters. The molecule has 0 saturated carbocycles. The van der Waals surface area contributed by atoms with Crippen LogP contribution >= 0.6 is 15.9 Å². The molecule has 78 valence electrons. The van der Waals surface area contributed by atoms with Crippen molar-refractivity contribution in [2.45, 2.75) is 19.3 Å². The van der Waals surface area contributed by atoms with Crippen LogP contribution in [0.2, 0.25) is 0 Å². The lowest BCUT2D eigenvalue weighted by Crippen LogP contribution is -2.04. The molecular formula is C11H9BrO3. The average Bonchev–Trinajstić information content (AvgIpc) is 2.53. The van der Waals surface area contributed by atoms with Crippen LogP contribution in [0.4, 0.5) is 0 Å². The van der Waals surface area contributed by atoms with Gasteiger partial charge in [0.05, 0.1) is 6.42 Å². The summed E-state index contributed by atoms with van der Waals surface area (Å²) in [5.41, 5.74) is 2.33. The number of carboxylic acids is 1. The first kappa shape index (κ1) is 10.4. The summed E-state index contributed by atoms with van der Waals surface area (Å²) in [7, 11) is 0. The Balaban J connectivity index is 2.52. The van der Waals surface area contributed by atoms with Crippen LogP contribution in [0, 0.1) is 0 Å². The number of benzene rings is 1. The molecule has 1 aromatic rings. The third-order valence-electron chi connectivity index (χ3n) is 2.58. The molecule has 0 fully saturated rings. The van der Waals surface area contributed by atoms with Gasteiger partial charge in [-0.3, -0.25) is 9.59 Å². The second-order valence-corrected chi connectivity index (χ2v) is 4.41. The lowest BCUT2D eigenvalue weighted by atomic mass is 10.0. The van der Waals surface area contributed by atoms with E-state index >= 15 is 0 Å². The molecule has 0 spiro atoms. The van der Waals surface area contributed by atoms with Gasteiger partial charge in [-0.1, -0.05) is 22.0 Å². The van der Waals surface area contributed by atoms with Crippen LogP contribution in [0.25, 0.3) is 0 Å². The second-order valence-electron chi connectivity index (χ2n) is 3.55. The van der Waals surface area contributed by atoms with Crippen LogP contribution < -0.4 is 0 Å². The molecule has 0 atom stereocenters. The van der Waals surface area contributed by atoms with E-state index in [1.54, 1.807) is 12.1 Å². The van der Waals surface area contributed by atoms with Gasteiger partial charge in [0.15, 0.2) is 5.78 Å². The van der Waals surface area contributed by atoms with E-state index in [4.69, 9.17) is 5.11 Å². The number of Topliss-reactive ketones (excluding diaryl/α,β-unsaturated/α-hetero) is 1. The van der Waals surface area contributed by atoms with Gasteiger partial charge in [-0.15, -0.1) is 0 Å². The summed E-state index contributed by atoms with van der Waals surface area (Å²) in [6.45, 7) is 0. The minimum Gasteiger partial charge on any atom is -0.481 e. The van der Waals surface area contributed by atoms with Crippen LogP contribution in [0.5, 0.6) is 0 Å². The number of hydrogen-bond donors (Lipinski definition) is 1. The van der Waals surface area contributed by atoms with Gasteiger partial charge in [0, 0.05) is 16.5 Å². The highest BCUT2D eigenvalue weighted by molar-refractivity contribution is 9.10. The Morgan fingerprint density at radius 3 is 2.80 bits per heavy atom. The van der Waals surface area contributed by atoms with Crippen molar-refractivity contribution in [3.05, 3.63) is 33.3 Å². The zero-order valence-corrected chi connectivity index (χ0v) is 9.50. The molecule has 4 heteroatoms. The Bertz CT molecular complexity index is 451. The molecule has 2 rings (SSSR count). The molecule has 15 heavy (non-hydrogen) atoms. The van der Waals surface area contributed by atoms with Crippen molar-refractivity contribution in [3.8, 4) is 0 Å². The number of aliphatic carboxylic acids is 1. The number of halogens is 1. The first-order valence-corrected chi connectivity index (χ1v) is 5.44. The van der Waals surface area contributed by atoms with Gasteiger partial charge < -0.3 is 5.11 Å². The van der Waals surface area contributed by atoms with Gasteiger partial charge in [-0.25, -0.2) is 0 Å². The van der Waals surface area contributed by atoms with E-state index in [2.05, 4.69) is 15.9 Å².